The first-order valence-corrected chi connectivity index (χ1v) is 6.51. The van der Waals surface area contributed by atoms with E-state index in [2.05, 4.69) is 28.1 Å². The fourth-order valence-corrected chi connectivity index (χ4v) is 2.92. The van der Waals surface area contributed by atoms with Gasteiger partial charge in [0.05, 0.1) is 5.02 Å². The number of hydrogen-bond acceptors (Lipinski definition) is 1. The second kappa shape index (κ2) is 4.44. The highest BCUT2D eigenvalue weighted by Crippen LogP contribution is 2.41. The van der Waals surface area contributed by atoms with Crippen LogP contribution in [-0.2, 0) is 5.41 Å². The summed E-state index contributed by atoms with van der Waals surface area (Å²) in [5, 5.41) is 0.784. The lowest BCUT2D eigenvalue weighted by Gasteiger charge is -2.28. The van der Waals surface area contributed by atoms with Crippen molar-refractivity contribution in [3.05, 3.63) is 33.3 Å². The van der Waals surface area contributed by atoms with Gasteiger partial charge in [0.15, 0.2) is 0 Å². The Morgan fingerprint density at radius 3 is 2.53 bits per heavy atom. The van der Waals surface area contributed by atoms with Crippen LogP contribution in [0.15, 0.2) is 22.7 Å². The van der Waals surface area contributed by atoms with Crippen LogP contribution in [-0.4, -0.2) is 6.54 Å². The van der Waals surface area contributed by atoms with Crippen molar-refractivity contribution < 1.29 is 0 Å². The summed E-state index contributed by atoms with van der Waals surface area (Å²) < 4.78 is 0.957. The summed E-state index contributed by atoms with van der Waals surface area (Å²) in [5.74, 6) is 0. The van der Waals surface area contributed by atoms with Gasteiger partial charge in [0.25, 0.3) is 0 Å². The highest BCUT2D eigenvalue weighted by atomic mass is 79.9. The van der Waals surface area contributed by atoms with Crippen LogP contribution in [0.1, 0.15) is 31.2 Å². The number of benzene rings is 1. The quantitative estimate of drug-likeness (QED) is 0.878. The number of rotatable bonds is 2. The Labute approximate surface area is 104 Å². The van der Waals surface area contributed by atoms with Crippen LogP contribution in [0.4, 0.5) is 0 Å². The minimum absolute atomic E-state index is 0.185. The summed E-state index contributed by atoms with van der Waals surface area (Å²) in [5.41, 5.74) is 7.42. The van der Waals surface area contributed by atoms with Gasteiger partial charge in [-0.3, -0.25) is 0 Å². The average Bonchev–Trinajstić information content (AvgIpc) is 2.72. The van der Waals surface area contributed by atoms with Crippen molar-refractivity contribution >= 4 is 27.5 Å². The van der Waals surface area contributed by atoms with Crippen LogP contribution in [0, 0.1) is 0 Å². The van der Waals surface area contributed by atoms with Crippen molar-refractivity contribution in [1.82, 2.24) is 0 Å². The summed E-state index contributed by atoms with van der Waals surface area (Å²) in [6.07, 6.45) is 4.96. The van der Waals surface area contributed by atoms with Gasteiger partial charge in [-0.05, 0) is 46.5 Å². The van der Waals surface area contributed by atoms with Gasteiger partial charge in [0, 0.05) is 16.4 Å². The molecule has 2 N–H and O–H groups in total. The minimum Gasteiger partial charge on any atom is -0.330 e. The average molecular weight is 289 g/mol. The fourth-order valence-electron chi connectivity index (χ4n) is 2.49. The molecule has 2 rings (SSSR count). The van der Waals surface area contributed by atoms with Crippen molar-refractivity contribution in [2.24, 2.45) is 5.73 Å². The predicted octanol–water partition coefficient (Wildman–Crippen LogP) is 3.87. The topological polar surface area (TPSA) is 26.0 Å². The summed E-state index contributed by atoms with van der Waals surface area (Å²) in [6, 6.07) is 6.23. The first-order valence-electron chi connectivity index (χ1n) is 5.33. The summed E-state index contributed by atoms with van der Waals surface area (Å²) in [6.45, 7) is 0.727. The van der Waals surface area contributed by atoms with Crippen molar-refractivity contribution in [3.63, 3.8) is 0 Å². The highest BCUT2D eigenvalue weighted by molar-refractivity contribution is 9.10. The van der Waals surface area contributed by atoms with E-state index in [9.17, 15) is 0 Å². The van der Waals surface area contributed by atoms with Crippen LogP contribution >= 0.6 is 27.5 Å². The van der Waals surface area contributed by atoms with E-state index in [1.807, 2.05) is 6.07 Å². The molecule has 1 aliphatic carbocycles. The summed E-state index contributed by atoms with van der Waals surface area (Å²) in [7, 11) is 0. The molecule has 1 aromatic carbocycles. The maximum absolute atomic E-state index is 6.12. The molecule has 82 valence electrons. The Balaban J connectivity index is 2.38. The molecule has 0 spiro atoms. The van der Waals surface area contributed by atoms with Gasteiger partial charge in [0.1, 0.15) is 0 Å². The molecule has 0 heterocycles. The Bertz CT molecular complexity index is 359. The molecular weight excluding hydrogens is 273 g/mol. The van der Waals surface area contributed by atoms with Crippen LogP contribution in [0.5, 0.6) is 0 Å². The van der Waals surface area contributed by atoms with Gasteiger partial charge >= 0.3 is 0 Å². The number of hydrogen-bond donors (Lipinski definition) is 1. The SMILES string of the molecule is NCC1(c2ccc(Br)c(Cl)c2)CCCC1. The third-order valence-electron chi connectivity index (χ3n) is 3.48. The smallest absolute Gasteiger partial charge is 0.0551 e. The lowest BCUT2D eigenvalue weighted by molar-refractivity contribution is 0.453. The second-order valence-corrected chi connectivity index (χ2v) is 5.58. The van der Waals surface area contributed by atoms with E-state index >= 15 is 0 Å². The van der Waals surface area contributed by atoms with Gasteiger partial charge in [-0.25, -0.2) is 0 Å². The van der Waals surface area contributed by atoms with Gasteiger partial charge in [-0.1, -0.05) is 30.5 Å². The molecule has 15 heavy (non-hydrogen) atoms. The van der Waals surface area contributed by atoms with Crippen LogP contribution in [0.25, 0.3) is 0 Å². The van der Waals surface area contributed by atoms with Crippen molar-refractivity contribution in [3.8, 4) is 0 Å². The van der Waals surface area contributed by atoms with Gasteiger partial charge in [-0.2, -0.15) is 0 Å². The van der Waals surface area contributed by atoms with E-state index < -0.39 is 0 Å². The van der Waals surface area contributed by atoms with Crippen molar-refractivity contribution in [2.75, 3.05) is 6.54 Å². The fraction of sp³-hybridized carbons (Fsp3) is 0.500. The molecule has 1 saturated carbocycles. The second-order valence-electron chi connectivity index (χ2n) is 4.32. The first kappa shape index (κ1) is 11.4. The van der Waals surface area contributed by atoms with E-state index in [1.54, 1.807) is 0 Å². The standard InChI is InChI=1S/C12H15BrClN/c13-10-4-3-9(7-11(10)14)12(8-15)5-1-2-6-12/h3-4,7H,1-2,5-6,8,15H2. The third kappa shape index (κ3) is 2.08. The van der Waals surface area contributed by atoms with E-state index in [4.69, 9.17) is 17.3 Å². The monoisotopic (exact) mass is 287 g/mol. The molecule has 0 aromatic heterocycles. The van der Waals surface area contributed by atoms with E-state index in [0.717, 1.165) is 16.0 Å². The molecule has 0 radical (unpaired) electrons. The van der Waals surface area contributed by atoms with Crippen LogP contribution in [0.2, 0.25) is 5.02 Å². The zero-order chi connectivity index (χ0) is 10.9. The zero-order valence-electron chi connectivity index (χ0n) is 8.60. The van der Waals surface area contributed by atoms with E-state index in [-0.39, 0.29) is 5.41 Å². The number of halogens is 2. The Morgan fingerprint density at radius 2 is 2.00 bits per heavy atom. The molecule has 1 nitrogen and oxygen atoms in total. The van der Waals surface area contributed by atoms with Gasteiger partial charge in [0.2, 0.25) is 0 Å². The highest BCUT2D eigenvalue weighted by Gasteiger charge is 2.34. The molecular formula is C12H15BrClN. The van der Waals surface area contributed by atoms with Crippen LogP contribution in [0.3, 0.4) is 0 Å². The molecule has 1 fully saturated rings. The Kier molecular flexibility index (Phi) is 3.39. The third-order valence-corrected chi connectivity index (χ3v) is 4.72. The normalized spacial score (nSPS) is 19.4. The van der Waals surface area contributed by atoms with E-state index in [0.29, 0.717) is 0 Å². The molecule has 0 aliphatic heterocycles. The van der Waals surface area contributed by atoms with E-state index in [1.165, 1.54) is 31.2 Å². The predicted molar refractivity (Wildman–Crippen MR) is 68.4 cm³/mol. The molecule has 1 aliphatic rings. The molecule has 1 aromatic rings. The zero-order valence-corrected chi connectivity index (χ0v) is 10.9. The maximum atomic E-state index is 6.12. The summed E-state index contributed by atoms with van der Waals surface area (Å²) >= 11 is 9.54. The lowest BCUT2D eigenvalue weighted by atomic mass is 9.79. The Hall–Kier alpha value is -0.0500. The van der Waals surface area contributed by atoms with Crippen molar-refractivity contribution in [2.45, 2.75) is 31.1 Å². The largest absolute Gasteiger partial charge is 0.330 e. The maximum Gasteiger partial charge on any atom is 0.0551 e. The molecule has 0 unspecified atom stereocenters. The minimum atomic E-state index is 0.185. The Morgan fingerprint density at radius 1 is 1.33 bits per heavy atom. The van der Waals surface area contributed by atoms with Gasteiger partial charge in [-0.15, -0.1) is 0 Å². The number of nitrogens with two attached hydrogens (primary N) is 1. The molecule has 0 saturated heterocycles. The van der Waals surface area contributed by atoms with Gasteiger partial charge < -0.3 is 5.73 Å². The van der Waals surface area contributed by atoms with Crippen molar-refractivity contribution in [1.29, 1.82) is 0 Å². The molecule has 3 heteroatoms. The molecule has 0 atom stereocenters. The first-order chi connectivity index (χ1) is 7.18. The van der Waals surface area contributed by atoms with Crippen LogP contribution < -0.4 is 5.73 Å². The lowest BCUT2D eigenvalue weighted by Crippen LogP contribution is -2.31. The summed E-state index contributed by atoms with van der Waals surface area (Å²) in [4.78, 5) is 0. The molecule has 0 bridgehead atoms. The molecule has 0 amide bonds.